The Morgan fingerprint density at radius 1 is 0.900 bits per heavy atom. The SMILES string of the molecule is CN(C)c1ccc(/C=C2/C(=O)N(/N=C/c3cc4ccccc4n4nnnc34)C(=S)N(c3ccccc3)C2=O)cc1. The van der Waals surface area contributed by atoms with Crippen molar-refractivity contribution in [3.63, 3.8) is 0 Å². The molecule has 5 aromatic rings. The van der Waals surface area contributed by atoms with Crippen LogP contribution in [0.15, 0.2) is 95.6 Å². The Bertz CT molecular complexity index is 1850. The van der Waals surface area contributed by atoms with Crippen LogP contribution in [0.3, 0.4) is 0 Å². The molecule has 1 saturated heterocycles. The maximum atomic E-state index is 13.7. The average Bonchev–Trinajstić information content (AvgIpc) is 3.47. The van der Waals surface area contributed by atoms with Crippen molar-refractivity contribution < 1.29 is 9.59 Å². The molecule has 0 saturated carbocycles. The van der Waals surface area contributed by atoms with Crippen LogP contribution in [0.5, 0.6) is 0 Å². The number of para-hydroxylation sites is 2. The number of fused-ring (bicyclic) bond motifs is 3. The van der Waals surface area contributed by atoms with Crippen LogP contribution in [-0.2, 0) is 9.59 Å². The third-order valence-electron chi connectivity index (χ3n) is 6.48. The van der Waals surface area contributed by atoms with Gasteiger partial charge in [-0.2, -0.15) is 14.6 Å². The van der Waals surface area contributed by atoms with Gasteiger partial charge >= 0.3 is 0 Å². The molecule has 1 aliphatic rings. The Labute approximate surface area is 234 Å². The quantitative estimate of drug-likeness (QED) is 0.143. The number of hydrazone groups is 1. The topological polar surface area (TPSA) is 99.3 Å². The number of amides is 2. The predicted molar refractivity (Wildman–Crippen MR) is 158 cm³/mol. The van der Waals surface area contributed by atoms with Crippen molar-refractivity contribution >= 4 is 69.4 Å². The lowest BCUT2D eigenvalue weighted by molar-refractivity contribution is -0.127. The number of tetrazole rings is 1. The molecule has 0 unspecified atom stereocenters. The van der Waals surface area contributed by atoms with Gasteiger partial charge in [0.2, 0.25) is 5.11 Å². The number of anilines is 2. The third-order valence-corrected chi connectivity index (χ3v) is 6.84. The van der Waals surface area contributed by atoms with Crippen molar-refractivity contribution in [1.82, 2.24) is 25.0 Å². The number of hydrogen-bond donors (Lipinski definition) is 0. The number of pyridine rings is 1. The highest BCUT2D eigenvalue weighted by Gasteiger charge is 2.40. The third kappa shape index (κ3) is 4.37. The highest BCUT2D eigenvalue weighted by molar-refractivity contribution is 7.80. The van der Waals surface area contributed by atoms with Crippen LogP contribution in [0.1, 0.15) is 11.1 Å². The molecule has 11 heteroatoms. The largest absolute Gasteiger partial charge is 0.378 e. The van der Waals surface area contributed by atoms with Gasteiger partial charge in [-0.1, -0.05) is 48.5 Å². The molecule has 2 aromatic heterocycles. The van der Waals surface area contributed by atoms with Crippen molar-refractivity contribution in [2.24, 2.45) is 5.10 Å². The molecule has 0 bridgehead atoms. The van der Waals surface area contributed by atoms with Gasteiger partial charge in [0.1, 0.15) is 5.57 Å². The summed E-state index contributed by atoms with van der Waals surface area (Å²) in [5.41, 5.74) is 4.01. The molecule has 2 amide bonds. The molecule has 40 heavy (non-hydrogen) atoms. The van der Waals surface area contributed by atoms with Crippen LogP contribution >= 0.6 is 12.2 Å². The van der Waals surface area contributed by atoms with Crippen LogP contribution in [0.4, 0.5) is 11.4 Å². The fourth-order valence-electron chi connectivity index (χ4n) is 4.44. The van der Waals surface area contributed by atoms with Gasteiger partial charge in [-0.3, -0.25) is 14.5 Å². The molecule has 3 aromatic carbocycles. The zero-order valence-corrected chi connectivity index (χ0v) is 22.4. The smallest absolute Gasteiger partial charge is 0.286 e. The van der Waals surface area contributed by atoms with Crippen molar-refractivity contribution in [2.45, 2.75) is 0 Å². The molecule has 6 rings (SSSR count). The monoisotopic (exact) mass is 546 g/mol. The molecule has 1 aliphatic heterocycles. The van der Waals surface area contributed by atoms with E-state index in [0.717, 1.165) is 21.6 Å². The molecular formula is C29H22N8O2S. The van der Waals surface area contributed by atoms with Crippen LogP contribution in [0.25, 0.3) is 22.6 Å². The molecule has 1 fully saturated rings. The first-order chi connectivity index (χ1) is 19.4. The standard InChI is InChI=1S/C29H22N8O2S/c1-34(2)22-14-12-19(13-15-22)16-24-27(38)35(23-9-4-3-5-10-23)29(40)37(28(24)39)30-18-21-17-20-8-6-7-11-25(20)36-26(21)31-32-33-36/h3-18H,1-2H3/b24-16+,30-18+. The molecule has 3 heterocycles. The van der Waals surface area contributed by atoms with Gasteiger partial charge in [0.05, 0.1) is 17.4 Å². The van der Waals surface area contributed by atoms with Crippen molar-refractivity contribution in [3.05, 3.63) is 102 Å². The lowest BCUT2D eigenvalue weighted by atomic mass is 10.1. The van der Waals surface area contributed by atoms with Crippen LogP contribution in [0, 0.1) is 0 Å². The summed E-state index contributed by atoms with van der Waals surface area (Å²) in [5.74, 6) is -1.16. The minimum atomic E-state index is -0.633. The number of nitrogens with zero attached hydrogens (tertiary/aromatic N) is 8. The summed E-state index contributed by atoms with van der Waals surface area (Å²) in [5, 5.41) is 18.4. The van der Waals surface area contributed by atoms with Gasteiger partial charge in [0.15, 0.2) is 5.65 Å². The maximum Gasteiger partial charge on any atom is 0.286 e. The molecule has 0 radical (unpaired) electrons. The Morgan fingerprint density at radius 2 is 1.62 bits per heavy atom. The van der Waals surface area contributed by atoms with Crippen molar-refractivity contribution in [2.75, 3.05) is 23.9 Å². The average molecular weight is 547 g/mol. The number of carbonyl (C=O) groups excluding carboxylic acids is 2. The van der Waals surface area contributed by atoms with E-state index in [4.69, 9.17) is 12.2 Å². The van der Waals surface area contributed by atoms with Gasteiger partial charge in [0, 0.05) is 30.7 Å². The van der Waals surface area contributed by atoms with E-state index in [1.54, 1.807) is 34.9 Å². The van der Waals surface area contributed by atoms with Gasteiger partial charge in [-0.25, -0.2) is 0 Å². The zero-order valence-electron chi connectivity index (χ0n) is 21.5. The van der Waals surface area contributed by atoms with Crippen molar-refractivity contribution in [1.29, 1.82) is 0 Å². The van der Waals surface area contributed by atoms with Gasteiger partial charge in [-0.15, -0.1) is 5.10 Å². The fraction of sp³-hybridized carbons (Fsp3) is 0.0690. The van der Waals surface area contributed by atoms with E-state index in [1.165, 1.54) is 11.1 Å². The summed E-state index contributed by atoms with van der Waals surface area (Å²) in [6, 6.07) is 26.0. The Morgan fingerprint density at radius 3 is 2.38 bits per heavy atom. The summed E-state index contributed by atoms with van der Waals surface area (Å²) in [6.45, 7) is 0. The summed E-state index contributed by atoms with van der Waals surface area (Å²) in [7, 11) is 3.88. The minimum Gasteiger partial charge on any atom is -0.378 e. The molecule has 10 nitrogen and oxygen atoms in total. The number of hydrogen-bond acceptors (Lipinski definition) is 8. The Hall–Kier alpha value is -5.29. The number of aromatic nitrogens is 4. The maximum absolute atomic E-state index is 13.7. The number of rotatable bonds is 5. The lowest BCUT2D eigenvalue weighted by Gasteiger charge is -2.33. The first-order valence-corrected chi connectivity index (χ1v) is 12.7. The zero-order chi connectivity index (χ0) is 27.8. The van der Waals surface area contributed by atoms with Crippen LogP contribution in [-0.4, -0.2) is 62.3 Å². The summed E-state index contributed by atoms with van der Waals surface area (Å²) in [6.07, 6.45) is 3.03. The molecule has 0 N–H and O–H groups in total. The van der Waals surface area contributed by atoms with Crippen LogP contribution < -0.4 is 9.80 Å². The lowest BCUT2D eigenvalue weighted by Crippen LogP contribution is -2.54. The number of thiocarbonyl (C=S) groups is 1. The normalized spacial score (nSPS) is 15.2. The second kappa shape index (κ2) is 10.1. The second-order valence-electron chi connectivity index (χ2n) is 9.24. The van der Waals surface area contributed by atoms with E-state index in [-0.39, 0.29) is 10.7 Å². The Balaban J connectivity index is 1.44. The van der Waals surface area contributed by atoms with Crippen LogP contribution in [0.2, 0.25) is 0 Å². The number of benzene rings is 3. The summed E-state index contributed by atoms with van der Waals surface area (Å²) >= 11 is 5.64. The van der Waals surface area contributed by atoms with E-state index in [1.807, 2.05) is 79.7 Å². The van der Waals surface area contributed by atoms with Gasteiger partial charge < -0.3 is 4.90 Å². The highest BCUT2D eigenvalue weighted by atomic mass is 32.1. The molecular weight excluding hydrogens is 524 g/mol. The van der Waals surface area contributed by atoms with Gasteiger partial charge in [0.25, 0.3) is 11.8 Å². The van der Waals surface area contributed by atoms with E-state index in [2.05, 4.69) is 20.6 Å². The first kappa shape index (κ1) is 25.0. The summed E-state index contributed by atoms with van der Waals surface area (Å²) in [4.78, 5) is 30.6. The van der Waals surface area contributed by atoms with E-state index >= 15 is 0 Å². The molecule has 0 spiro atoms. The number of carbonyl (C=O) groups is 2. The van der Waals surface area contributed by atoms with Gasteiger partial charge in [-0.05, 0) is 70.7 Å². The van der Waals surface area contributed by atoms with E-state index in [0.29, 0.717) is 22.5 Å². The minimum absolute atomic E-state index is 0.0612. The molecule has 0 atom stereocenters. The van der Waals surface area contributed by atoms with E-state index in [9.17, 15) is 9.59 Å². The first-order valence-electron chi connectivity index (χ1n) is 12.3. The fourth-order valence-corrected chi connectivity index (χ4v) is 4.76. The molecule has 196 valence electrons. The Kier molecular flexibility index (Phi) is 6.33. The van der Waals surface area contributed by atoms with Crippen molar-refractivity contribution in [3.8, 4) is 0 Å². The highest BCUT2D eigenvalue weighted by Crippen LogP contribution is 2.27. The molecule has 0 aliphatic carbocycles. The summed E-state index contributed by atoms with van der Waals surface area (Å²) < 4.78 is 1.61. The van der Waals surface area contributed by atoms with E-state index < -0.39 is 11.8 Å². The second-order valence-corrected chi connectivity index (χ2v) is 9.60. The predicted octanol–water partition coefficient (Wildman–Crippen LogP) is 3.92.